The van der Waals surface area contributed by atoms with E-state index in [0.717, 1.165) is 44.4 Å². The van der Waals surface area contributed by atoms with E-state index in [1.807, 2.05) is 6.07 Å². The number of rotatable bonds is 3. The van der Waals surface area contributed by atoms with E-state index >= 15 is 0 Å². The molecule has 4 nitrogen and oxygen atoms in total. The summed E-state index contributed by atoms with van der Waals surface area (Å²) < 4.78 is 5.35. The van der Waals surface area contributed by atoms with E-state index in [1.165, 1.54) is 17.5 Å². The van der Waals surface area contributed by atoms with Crippen molar-refractivity contribution in [2.45, 2.75) is 50.6 Å². The van der Waals surface area contributed by atoms with Crippen molar-refractivity contribution < 1.29 is 9.53 Å². The summed E-state index contributed by atoms with van der Waals surface area (Å²) in [4.78, 5) is 12.1. The van der Waals surface area contributed by atoms with Gasteiger partial charge in [0.25, 0.3) is 0 Å². The number of amides is 1. The Labute approximate surface area is 126 Å². The van der Waals surface area contributed by atoms with Gasteiger partial charge in [-0.2, -0.15) is 0 Å². The van der Waals surface area contributed by atoms with Crippen molar-refractivity contribution >= 4 is 5.91 Å². The molecule has 1 aliphatic carbocycles. The van der Waals surface area contributed by atoms with E-state index in [9.17, 15) is 4.79 Å². The molecule has 0 bridgehead atoms. The molecule has 2 N–H and O–H groups in total. The number of nitrogens with one attached hydrogen (secondary N) is 2. The van der Waals surface area contributed by atoms with Gasteiger partial charge in [-0.05, 0) is 61.8 Å². The minimum Gasteiger partial charge on any atom is -0.497 e. The molecule has 21 heavy (non-hydrogen) atoms. The quantitative estimate of drug-likeness (QED) is 0.897. The normalized spacial score (nSPS) is 25.7. The summed E-state index contributed by atoms with van der Waals surface area (Å²) in [6.45, 7) is 0.812. The number of benzene rings is 1. The molecule has 1 aromatic rings. The first-order valence-electron chi connectivity index (χ1n) is 7.98. The van der Waals surface area contributed by atoms with Crippen LogP contribution < -0.4 is 15.4 Å². The predicted octanol–water partition coefficient (Wildman–Crippen LogP) is 2.33. The van der Waals surface area contributed by atoms with Gasteiger partial charge in [0.1, 0.15) is 5.75 Å². The van der Waals surface area contributed by atoms with Crippen LogP contribution in [0.5, 0.6) is 5.75 Å². The molecule has 1 aromatic carbocycles. The topological polar surface area (TPSA) is 50.4 Å². The fourth-order valence-electron chi connectivity index (χ4n) is 3.42. The third kappa shape index (κ3) is 3.21. The number of fused-ring (bicyclic) bond motifs is 1. The molecule has 2 atom stereocenters. The van der Waals surface area contributed by atoms with Crippen LogP contribution in [-0.2, 0) is 11.2 Å². The minimum atomic E-state index is -0.0605. The van der Waals surface area contributed by atoms with Gasteiger partial charge in [0, 0.05) is 12.6 Å². The van der Waals surface area contributed by atoms with Gasteiger partial charge in [-0.25, -0.2) is 0 Å². The molecule has 3 rings (SSSR count). The van der Waals surface area contributed by atoms with Crippen LogP contribution in [0.4, 0.5) is 0 Å². The smallest absolute Gasteiger partial charge is 0.237 e. The van der Waals surface area contributed by atoms with Gasteiger partial charge < -0.3 is 10.1 Å². The highest BCUT2D eigenvalue weighted by molar-refractivity contribution is 5.82. The van der Waals surface area contributed by atoms with Crippen molar-refractivity contribution in [3.63, 3.8) is 0 Å². The lowest BCUT2D eigenvalue weighted by molar-refractivity contribution is -0.123. The molecule has 1 fully saturated rings. The van der Waals surface area contributed by atoms with Gasteiger partial charge in [-0.1, -0.05) is 6.07 Å². The number of carbonyl (C=O) groups is 1. The monoisotopic (exact) mass is 288 g/mol. The summed E-state index contributed by atoms with van der Waals surface area (Å²) in [5, 5.41) is 6.59. The van der Waals surface area contributed by atoms with Crippen molar-refractivity contribution in [3.8, 4) is 5.75 Å². The van der Waals surface area contributed by atoms with Gasteiger partial charge >= 0.3 is 0 Å². The highest BCUT2D eigenvalue weighted by atomic mass is 16.5. The van der Waals surface area contributed by atoms with Gasteiger partial charge in [0.15, 0.2) is 0 Å². The van der Waals surface area contributed by atoms with Crippen LogP contribution in [0.2, 0.25) is 0 Å². The third-order valence-electron chi connectivity index (χ3n) is 4.61. The van der Waals surface area contributed by atoms with Crippen molar-refractivity contribution in [1.82, 2.24) is 10.6 Å². The van der Waals surface area contributed by atoms with Gasteiger partial charge in [0.2, 0.25) is 5.91 Å². The summed E-state index contributed by atoms with van der Waals surface area (Å²) in [6, 6.07) is 6.52. The maximum atomic E-state index is 12.1. The molecule has 1 aliphatic heterocycles. The number of methoxy groups -OCH3 is 1. The van der Waals surface area contributed by atoms with Crippen LogP contribution in [0.3, 0.4) is 0 Å². The first kappa shape index (κ1) is 14.4. The maximum absolute atomic E-state index is 12.1. The summed E-state index contributed by atoms with van der Waals surface area (Å²) in [7, 11) is 1.70. The van der Waals surface area contributed by atoms with Gasteiger partial charge in [-0.15, -0.1) is 0 Å². The maximum Gasteiger partial charge on any atom is 0.237 e. The molecular formula is C17H24N2O2. The Balaban J connectivity index is 1.79. The average Bonchev–Trinajstić information content (AvgIpc) is 2.72. The summed E-state index contributed by atoms with van der Waals surface area (Å²) >= 11 is 0. The molecule has 1 amide bonds. The number of aryl methyl sites for hydroxylation is 1. The second-order valence-electron chi connectivity index (χ2n) is 6.02. The van der Waals surface area contributed by atoms with Crippen molar-refractivity contribution in [2.75, 3.05) is 13.7 Å². The molecular weight excluding hydrogens is 264 g/mol. The lowest BCUT2D eigenvalue weighted by Gasteiger charge is -2.30. The second-order valence-corrected chi connectivity index (χ2v) is 6.02. The molecule has 1 saturated heterocycles. The molecule has 2 unspecified atom stereocenters. The van der Waals surface area contributed by atoms with Gasteiger partial charge in [-0.3, -0.25) is 10.1 Å². The first-order chi connectivity index (χ1) is 10.3. The number of carbonyl (C=O) groups excluding carboxylic acids is 1. The molecule has 0 spiro atoms. The van der Waals surface area contributed by atoms with E-state index < -0.39 is 0 Å². The van der Waals surface area contributed by atoms with Crippen LogP contribution in [0.25, 0.3) is 0 Å². The van der Waals surface area contributed by atoms with Crippen LogP contribution in [-0.4, -0.2) is 25.6 Å². The molecule has 0 radical (unpaired) electrons. The Hall–Kier alpha value is -1.55. The highest BCUT2D eigenvalue weighted by Gasteiger charge is 2.27. The van der Waals surface area contributed by atoms with Crippen LogP contribution >= 0.6 is 0 Å². The lowest BCUT2D eigenvalue weighted by atomic mass is 9.87. The van der Waals surface area contributed by atoms with Crippen LogP contribution in [0.15, 0.2) is 18.2 Å². The average molecular weight is 288 g/mol. The fourth-order valence-corrected chi connectivity index (χ4v) is 3.42. The second kappa shape index (κ2) is 6.48. The third-order valence-corrected chi connectivity index (χ3v) is 4.61. The fraction of sp³-hybridized carbons (Fsp3) is 0.588. The predicted molar refractivity (Wildman–Crippen MR) is 82.5 cm³/mol. The molecule has 2 aliphatic rings. The number of hydrogen-bond acceptors (Lipinski definition) is 3. The largest absolute Gasteiger partial charge is 0.497 e. The molecule has 0 saturated carbocycles. The molecule has 1 heterocycles. The summed E-state index contributed by atoms with van der Waals surface area (Å²) in [5.41, 5.74) is 2.69. The lowest BCUT2D eigenvalue weighted by Crippen LogP contribution is -2.45. The van der Waals surface area contributed by atoms with E-state index in [4.69, 9.17) is 4.74 Å². The van der Waals surface area contributed by atoms with Gasteiger partial charge in [0.05, 0.1) is 13.2 Å². The number of ether oxygens (including phenoxy) is 1. The van der Waals surface area contributed by atoms with E-state index in [0.29, 0.717) is 0 Å². The minimum absolute atomic E-state index is 0.0605. The standard InChI is InChI=1S/C17H24N2O2/c1-21-13-9-8-12-5-4-7-15(14(12)11-13)19-16-6-2-3-10-18-17(16)20/h8-9,11,15-16,19H,2-7,10H2,1H3,(H,18,20). The van der Waals surface area contributed by atoms with Crippen LogP contribution in [0, 0.1) is 0 Å². The van der Waals surface area contributed by atoms with E-state index in [-0.39, 0.29) is 18.0 Å². The van der Waals surface area contributed by atoms with Crippen molar-refractivity contribution in [1.29, 1.82) is 0 Å². The van der Waals surface area contributed by atoms with Crippen LogP contribution in [0.1, 0.15) is 49.3 Å². The summed E-state index contributed by atoms with van der Waals surface area (Å²) in [5.74, 6) is 1.05. The number of hydrogen-bond donors (Lipinski definition) is 2. The zero-order valence-electron chi connectivity index (χ0n) is 12.7. The Morgan fingerprint density at radius 1 is 1.19 bits per heavy atom. The van der Waals surface area contributed by atoms with Crippen molar-refractivity contribution in [3.05, 3.63) is 29.3 Å². The summed E-state index contributed by atoms with van der Waals surface area (Å²) in [6.07, 6.45) is 6.50. The Kier molecular flexibility index (Phi) is 4.44. The molecule has 0 aromatic heterocycles. The Morgan fingerprint density at radius 2 is 2.05 bits per heavy atom. The zero-order valence-corrected chi connectivity index (χ0v) is 12.7. The Bertz CT molecular complexity index is 516. The first-order valence-corrected chi connectivity index (χ1v) is 7.98. The molecule has 4 heteroatoms. The molecule has 114 valence electrons. The van der Waals surface area contributed by atoms with E-state index in [1.54, 1.807) is 7.11 Å². The SMILES string of the molecule is COc1ccc2c(c1)C(NC1CCCCNC1=O)CCC2. The highest BCUT2D eigenvalue weighted by Crippen LogP contribution is 2.33. The van der Waals surface area contributed by atoms with Crippen molar-refractivity contribution in [2.24, 2.45) is 0 Å². The zero-order chi connectivity index (χ0) is 14.7. The van der Waals surface area contributed by atoms with E-state index in [2.05, 4.69) is 22.8 Å². The Morgan fingerprint density at radius 3 is 2.90 bits per heavy atom.